The van der Waals surface area contributed by atoms with Crippen molar-refractivity contribution in [2.45, 2.75) is 26.2 Å². The fourth-order valence-electron chi connectivity index (χ4n) is 2.30. The maximum Gasteiger partial charge on any atom is 0.132 e. The number of aromatic nitrogens is 2. The zero-order valence-electron chi connectivity index (χ0n) is 13.5. The molecule has 0 aliphatic rings. The molecule has 2 N–H and O–H groups in total. The van der Waals surface area contributed by atoms with Gasteiger partial charge in [0.1, 0.15) is 17.3 Å². The molecule has 0 spiro atoms. The first-order valence-electron chi connectivity index (χ1n) is 6.84. The highest BCUT2D eigenvalue weighted by Crippen LogP contribution is 2.42. The van der Waals surface area contributed by atoms with Crippen molar-refractivity contribution in [2.75, 3.05) is 20.0 Å². The van der Waals surface area contributed by atoms with Crippen molar-refractivity contribution in [1.82, 2.24) is 9.78 Å². The number of hydrogen-bond donors (Lipinski definition) is 1. The summed E-state index contributed by atoms with van der Waals surface area (Å²) in [7, 11) is 5.15. The van der Waals surface area contributed by atoms with E-state index in [9.17, 15) is 0 Å². The van der Waals surface area contributed by atoms with E-state index < -0.39 is 0 Å². The number of benzene rings is 1. The monoisotopic (exact) mass is 289 g/mol. The minimum absolute atomic E-state index is 0.0744. The average Bonchev–Trinajstić information content (AvgIpc) is 2.76. The van der Waals surface area contributed by atoms with Crippen LogP contribution in [0.15, 0.2) is 18.2 Å². The van der Waals surface area contributed by atoms with Crippen molar-refractivity contribution < 1.29 is 9.47 Å². The zero-order chi connectivity index (χ0) is 15.8. The van der Waals surface area contributed by atoms with Gasteiger partial charge in [-0.1, -0.05) is 20.8 Å². The first-order valence-corrected chi connectivity index (χ1v) is 6.84. The summed E-state index contributed by atoms with van der Waals surface area (Å²) in [6.07, 6.45) is 0. The van der Waals surface area contributed by atoms with Gasteiger partial charge < -0.3 is 15.2 Å². The molecule has 114 valence electrons. The molecule has 2 aromatic rings. The topological polar surface area (TPSA) is 62.3 Å². The molecule has 0 atom stereocenters. The van der Waals surface area contributed by atoms with Crippen LogP contribution in [0.4, 0.5) is 5.82 Å². The van der Waals surface area contributed by atoms with Crippen molar-refractivity contribution in [2.24, 2.45) is 7.05 Å². The van der Waals surface area contributed by atoms with Crippen LogP contribution in [0, 0.1) is 0 Å². The normalized spacial score (nSPS) is 11.5. The minimum atomic E-state index is -0.0744. The van der Waals surface area contributed by atoms with E-state index in [0.29, 0.717) is 5.82 Å². The largest absolute Gasteiger partial charge is 0.497 e. The van der Waals surface area contributed by atoms with E-state index >= 15 is 0 Å². The lowest BCUT2D eigenvalue weighted by Crippen LogP contribution is -2.13. The second-order valence-corrected chi connectivity index (χ2v) is 6.08. The van der Waals surface area contributed by atoms with Crippen molar-refractivity contribution in [3.05, 3.63) is 23.8 Å². The predicted octanol–water partition coefficient (Wildman–Crippen LogP) is 2.98. The van der Waals surface area contributed by atoms with Gasteiger partial charge in [0.25, 0.3) is 0 Å². The van der Waals surface area contributed by atoms with Crippen molar-refractivity contribution in [3.63, 3.8) is 0 Å². The Morgan fingerprint density at radius 2 is 1.76 bits per heavy atom. The van der Waals surface area contributed by atoms with Crippen LogP contribution in [0.3, 0.4) is 0 Å². The van der Waals surface area contributed by atoms with Gasteiger partial charge in [-0.05, 0) is 17.5 Å². The van der Waals surface area contributed by atoms with E-state index in [2.05, 4.69) is 25.9 Å². The highest BCUT2D eigenvalue weighted by Gasteiger charge is 2.24. The predicted molar refractivity (Wildman–Crippen MR) is 84.9 cm³/mol. The molecule has 5 nitrogen and oxygen atoms in total. The molecule has 0 saturated carbocycles. The molecule has 21 heavy (non-hydrogen) atoms. The van der Waals surface area contributed by atoms with Gasteiger partial charge in [0.15, 0.2) is 0 Å². The van der Waals surface area contributed by atoms with E-state index in [-0.39, 0.29) is 5.41 Å². The molecule has 1 heterocycles. The summed E-state index contributed by atoms with van der Waals surface area (Å²) in [4.78, 5) is 0. The van der Waals surface area contributed by atoms with Gasteiger partial charge in [-0.3, -0.25) is 4.68 Å². The Labute approximate surface area is 125 Å². The Kier molecular flexibility index (Phi) is 3.85. The maximum atomic E-state index is 5.89. The zero-order valence-corrected chi connectivity index (χ0v) is 13.5. The van der Waals surface area contributed by atoms with Gasteiger partial charge in [0.2, 0.25) is 0 Å². The first kappa shape index (κ1) is 15.2. The number of aryl methyl sites for hydroxylation is 1. The molecule has 0 bridgehead atoms. The van der Waals surface area contributed by atoms with Gasteiger partial charge in [-0.15, -0.1) is 0 Å². The number of rotatable bonds is 3. The number of nitrogens with two attached hydrogens (primary N) is 1. The lowest BCUT2D eigenvalue weighted by molar-refractivity contribution is 0.389. The Hall–Kier alpha value is -2.17. The standard InChI is InChI=1S/C16H23N3O2/c1-16(2,3)12-8-10(20-5)7-11(15(12)21-6)13-9-14(17)19(4)18-13/h7-9H,17H2,1-6H3. The lowest BCUT2D eigenvalue weighted by Gasteiger charge is -2.24. The molecule has 1 aromatic heterocycles. The quantitative estimate of drug-likeness (QED) is 0.943. The average molecular weight is 289 g/mol. The van der Waals surface area contributed by atoms with Crippen LogP contribution in [0.5, 0.6) is 11.5 Å². The summed E-state index contributed by atoms with van der Waals surface area (Å²) in [5.74, 6) is 2.19. The molecule has 0 radical (unpaired) electrons. The highest BCUT2D eigenvalue weighted by atomic mass is 16.5. The Bertz CT molecular complexity index is 635. The summed E-state index contributed by atoms with van der Waals surface area (Å²) in [5.41, 5.74) is 8.55. The molecule has 5 heteroatoms. The molecule has 0 fully saturated rings. The smallest absolute Gasteiger partial charge is 0.132 e. The van der Waals surface area contributed by atoms with Crippen molar-refractivity contribution >= 4 is 5.82 Å². The molecule has 0 aliphatic carbocycles. The molecule has 0 unspecified atom stereocenters. The molecule has 0 saturated heterocycles. The number of methoxy groups -OCH3 is 2. The van der Waals surface area contributed by atoms with Crippen LogP contribution in [-0.4, -0.2) is 24.0 Å². The SMILES string of the molecule is COc1cc(-c2cc(N)n(C)n2)c(OC)c(C(C)(C)C)c1. The minimum Gasteiger partial charge on any atom is -0.497 e. The van der Waals surface area contributed by atoms with Crippen LogP contribution in [-0.2, 0) is 12.5 Å². The maximum absolute atomic E-state index is 5.89. The van der Waals surface area contributed by atoms with Gasteiger partial charge in [0.05, 0.1) is 19.9 Å². The Morgan fingerprint density at radius 3 is 2.19 bits per heavy atom. The number of ether oxygens (including phenoxy) is 2. The van der Waals surface area contributed by atoms with Crippen LogP contribution in [0.2, 0.25) is 0 Å². The van der Waals surface area contributed by atoms with Gasteiger partial charge in [-0.25, -0.2) is 0 Å². The lowest BCUT2D eigenvalue weighted by atomic mass is 9.84. The second-order valence-electron chi connectivity index (χ2n) is 6.08. The molecule has 0 aliphatic heterocycles. The third-order valence-electron chi connectivity index (χ3n) is 3.50. The third kappa shape index (κ3) is 2.82. The molecule has 2 rings (SSSR count). The van der Waals surface area contributed by atoms with Crippen LogP contribution in [0.25, 0.3) is 11.3 Å². The van der Waals surface area contributed by atoms with Gasteiger partial charge in [-0.2, -0.15) is 5.10 Å². The first-order chi connectivity index (χ1) is 9.77. The molecular formula is C16H23N3O2. The fraction of sp³-hybridized carbons (Fsp3) is 0.438. The second kappa shape index (κ2) is 5.31. The molecule has 1 aromatic carbocycles. The number of nitrogen functional groups attached to an aromatic ring is 1. The summed E-state index contributed by atoms with van der Waals surface area (Å²) < 4.78 is 12.7. The summed E-state index contributed by atoms with van der Waals surface area (Å²) in [5, 5.41) is 4.44. The van der Waals surface area contributed by atoms with Crippen molar-refractivity contribution in [1.29, 1.82) is 0 Å². The fourth-order valence-corrected chi connectivity index (χ4v) is 2.30. The molecule has 0 amide bonds. The number of hydrogen-bond acceptors (Lipinski definition) is 4. The van der Waals surface area contributed by atoms with E-state index in [1.807, 2.05) is 25.2 Å². The summed E-state index contributed by atoms with van der Waals surface area (Å²) >= 11 is 0. The van der Waals surface area contributed by atoms with Crippen molar-refractivity contribution in [3.8, 4) is 22.8 Å². The Morgan fingerprint density at radius 1 is 1.10 bits per heavy atom. The van der Waals surface area contributed by atoms with E-state index in [1.165, 1.54) is 0 Å². The number of nitrogens with zero attached hydrogens (tertiary/aromatic N) is 2. The van der Waals surface area contributed by atoms with Gasteiger partial charge >= 0.3 is 0 Å². The molecular weight excluding hydrogens is 266 g/mol. The van der Waals surface area contributed by atoms with Crippen LogP contribution in [0.1, 0.15) is 26.3 Å². The van der Waals surface area contributed by atoms with Crippen LogP contribution >= 0.6 is 0 Å². The van der Waals surface area contributed by atoms with E-state index in [1.54, 1.807) is 18.9 Å². The van der Waals surface area contributed by atoms with Crippen LogP contribution < -0.4 is 15.2 Å². The third-order valence-corrected chi connectivity index (χ3v) is 3.50. The summed E-state index contributed by atoms with van der Waals surface area (Å²) in [6.45, 7) is 6.42. The number of anilines is 1. The summed E-state index contributed by atoms with van der Waals surface area (Å²) in [6, 6.07) is 5.77. The van der Waals surface area contributed by atoms with E-state index in [4.69, 9.17) is 15.2 Å². The van der Waals surface area contributed by atoms with Gasteiger partial charge in [0, 0.05) is 24.2 Å². The highest BCUT2D eigenvalue weighted by molar-refractivity contribution is 5.73. The Balaban J connectivity index is 2.74. The van der Waals surface area contributed by atoms with E-state index in [0.717, 1.165) is 28.3 Å².